The lowest BCUT2D eigenvalue weighted by Crippen LogP contribution is -2.40. The Hall–Kier alpha value is -1.06. The highest BCUT2D eigenvalue weighted by molar-refractivity contribution is 5.29. The van der Waals surface area contributed by atoms with Gasteiger partial charge in [0.2, 0.25) is 0 Å². The van der Waals surface area contributed by atoms with Gasteiger partial charge in [-0.05, 0) is 31.7 Å². The van der Waals surface area contributed by atoms with Crippen LogP contribution in [0, 0.1) is 0 Å². The van der Waals surface area contributed by atoms with Crippen LogP contribution < -0.4 is 0 Å². The third kappa shape index (κ3) is 2.49. The summed E-state index contributed by atoms with van der Waals surface area (Å²) in [6, 6.07) is 7.31. The summed E-state index contributed by atoms with van der Waals surface area (Å²) in [6.45, 7) is 3.93. The van der Waals surface area contributed by atoms with E-state index in [9.17, 15) is 5.11 Å². The second-order valence-electron chi connectivity index (χ2n) is 4.25. The minimum atomic E-state index is 0.0749. The maximum Gasteiger partial charge on any atom is 0.115 e. The average molecular weight is 207 g/mol. The molecule has 2 unspecified atom stereocenters. The summed E-state index contributed by atoms with van der Waals surface area (Å²) in [5.74, 6) is 0.303. The summed E-state index contributed by atoms with van der Waals surface area (Å²) in [4.78, 5) is 2.25. The number of phenols is 1. The van der Waals surface area contributed by atoms with Crippen LogP contribution in [0.3, 0.4) is 0 Å². The number of rotatable bonds is 1. The zero-order chi connectivity index (χ0) is 10.8. The molecule has 15 heavy (non-hydrogen) atoms. The maximum absolute atomic E-state index is 9.41. The number of morpholine rings is 1. The van der Waals surface area contributed by atoms with Gasteiger partial charge in [0.05, 0.1) is 12.2 Å². The lowest BCUT2D eigenvalue weighted by molar-refractivity contribution is -0.0715. The van der Waals surface area contributed by atoms with Crippen LogP contribution in [0.5, 0.6) is 5.75 Å². The average Bonchev–Trinajstić information content (AvgIpc) is 2.16. The number of aromatic hydroxyl groups is 1. The number of likely N-dealkylation sites (N-methyl/N-ethyl adjacent to an activating group) is 1. The molecule has 1 aliphatic heterocycles. The van der Waals surface area contributed by atoms with Crippen molar-refractivity contribution in [3.05, 3.63) is 29.8 Å². The van der Waals surface area contributed by atoms with Crippen LogP contribution in [0.25, 0.3) is 0 Å². The number of nitrogens with zero attached hydrogens (tertiary/aromatic N) is 1. The predicted octanol–water partition coefficient (Wildman–Crippen LogP) is 1.78. The second kappa shape index (κ2) is 4.21. The number of phenolic OH excluding ortho intramolecular Hbond substituents is 1. The largest absolute Gasteiger partial charge is 0.508 e. The molecule has 82 valence electrons. The fourth-order valence-corrected chi connectivity index (χ4v) is 2.07. The summed E-state index contributed by atoms with van der Waals surface area (Å²) in [5.41, 5.74) is 1.05. The van der Waals surface area contributed by atoms with Gasteiger partial charge >= 0.3 is 0 Å². The Morgan fingerprint density at radius 2 is 2.20 bits per heavy atom. The molecule has 0 aliphatic carbocycles. The molecule has 2 atom stereocenters. The maximum atomic E-state index is 9.41. The van der Waals surface area contributed by atoms with E-state index >= 15 is 0 Å². The smallest absolute Gasteiger partial charge is 0.115 e. The van der Waals surface area contributed by atoms with Crippen LogP contribution in [0.4, 0.5) is 0 Å². The summed E-state index contributed by atoms with van der Waals surface area (Å²) >= 11 is 0. The van der Waals surface area contributed by atoms with Crippen LogP contribution in [-0.2, 0) is 4.74 Å². The quantitative estimate of drug-likeness (QED) is 0.762. The van der Waals surface area contributed by atoms with Crippen molar-refractivity contribution in [3.63, 3.8) is 0 Å². The van der Waals surface area contributed by atoms with Gasteiger partial charge in [-0.2, -0.15) is 0 Å². The van der Waals surface area contributed by atoms with Crippen LogP contribution >= 0.6 is 0 Å². The highest BCUT2D eigenvalue weighted by atomic mass is 16.5. The van der Waals surface area contributed by atoms with Gasteiger partial charge in [-0.25, -0.2) is 0 Å². The predicted molar refractivity (Wildman–Crippen MR) is 58.9 cm³/mol. The molecule has 0 aromatic heterocycles. The molecule has 2 rings (SSSR count). The number of ether oxygens (including phenoxy) is 1. The van der Waals surface area contributed by atoms with E-state index < -0.39 is 0 Å². The summed E-state index contributed by atoms with van der Waals surface area (Å²) in [5, 5.41) is 9.41. The van der Waals surface area contributed by atoms with Gasteiger partial charge < -0.3 is 14.7 Å². The normalized spacial score (nSPS) is 27.9. The zero-order valence-electron chi connectivity index (χ0n) is 9.18. The molecule has 1 aromatic rings. The summed E-state index contributed by atoms with van der Waals surface area (Å²) in [6.07, 6.45) is 0.321. The molecule has 0 amide bonds. The highest BCUT2D eigenvalue weighted by Gasteiger charge is 2.24. The van der Waals surface area contributed by atoms with Gasteiger partial charge in [0, 0.05) is 13.1 Å². The molecule has 0 spiro atoms. The molecular formula is C12H17NO2. The lowest BCUT2D eigenvalue weighted by Gasteiger charge is -2.34. The molecular weight excluding hydrogens is 190 g/mol. The van der Waals surface area contributed by atoms with Crippen LogP contribution in [0.15, 0.2) is 24.3 Å². The van der Waals surface area contributed by atoms with Crippen molar-refractivity contribution in [2.75, 3.05) is 20.1 Å². The van der Waals surface area contributed by atoms with Crippen LogP contribution in [0.2, 0.25) is 0 Å². The van der Waals surface area contributed by atoms with Gasteiger partial charge in [0.1, 0.15) is 5.75 Å². The van der Waals surface area contributed by atoms with E-state index in [0.29, 0.717) is 5.75 Å². The van der Waals surface area contributed by atoms with E-state index in [2.05, 4.69) is 18.9 Å². The number of hydrogen-bond donors (Lipinski definition) is 1. The van der Waals surface area contributed by atoms with E-state index in [1.54, 1.807) is 12.1 Å². The molecule has 0 radical (unpaired) electrons. The van der Waals surface area contributed by atoms with Gasteiger partial charge in [-0.1, -0.05) is 12.1 Å². The van der Waals surface area contributed by atoms with Crippen LogP contribution in [0.1, 0.15) is 18.6 Å². The van der Waals surface area contributed by atoms with Crippen molar-refractivity contribution in [3.8, 4) is 5.75 Å². The standard InChI is InChI=1S/C12H17NO2/c1-9-7-13(2)8-12(15-9)10-4-3-5-11(14)6-10/h3-6,9,12,14H,7-8H2,1-2H3. The molecule has 1 heterocycles. The fraction of sp³-hybridized carbons (Fsp3) is 0.500. The monoisotopic (exact) mass is 207 g/mol. The Bertz CT molecular complexity index is 330. The number of hydrogen-bond acceptors (Lipinski definition) is 3. The van der Waals surface area contributed by atoms with Crippen LogP contribution in [-0.4, -0.2) is 36.2 Å². The van der Waals surface area contributed by atoms with Gasteiger partial charge in [0.15, 0.2) is 0 Å². The van der Waals surface area contributed by atoms with E-state index in [-0.39, 0.29) is 12.2 Å². The molecule has 0 saturated carbocycles. The van der Waals surface area contributed by atoms with Crippen molar-refractivity contribution in [2.45, 2.75) is 19.1 Å². The second-order valence-corrected chi connectivity index (χ2v) is 4.25. The van der Waals surface area contributed by atoms with Gasteiger partial charge in [-0.15, -0.1) is 0 Å². The molecule has 1 saturated heterocycles. The van der Waals surface area contributed by atoms with E-state index in [1.165, 1.54) is 0 Å². The van der Waals surface area contributed by atoms with E-state index in [4.69, 9.17) is 4.74 Å². The van der Waals surface area contributed by atoms with E-state index in [0.717, 1.165) is 18.7 Å². The molecule has 0 bridgehead atoms. The first kappa shape index (κ1) is 10.5. The van der Waals surface area contributed by atoms with Crippen molar-refractivity contribution in [1.29, 1.82) is 0 Å². The molecule has 1 N–H and O–H groups in total. The molecule has 1 aliphatic rings. The highest BCUT2D eigenvalue weighted by Crippen LogP contribution is 2.26. The van der Waals surface area contributed by atoms with Crippen molar-refractivity contribution < 1.29 is 9.84 Å². The minimum absolute atomic E-state index is 0.0749. The molecule has 1 aromatic carbocycles. The minimum Gasteiger partial charge on any atom is -0.508 e. The third-order valence-corrected chi connectivity index (χ3v) is 2.68. The molecule has 3 nitrogen and oxygen atoms in total. The Balaban J connectivity index is 2.16. The van der Waals surface area contributed by atoms with E-state index in [1.807, 2.05) is 12.1 Å². The SMILES string of the molecule is CC1CN(C)CC(c2cccc(O)c2)O1. The third-order valence-electron chi connectivity index (χ3n) is 2.68. The first-order valence-electron chi connectivity index (χ1n) is 5.28. The Morgan fingerprint density at radius 1 is 1.40 bits per heavy atom. The van der Waals surface area contributed by atoms with Crippen molar-refractivity contribution in [1.82, 2.24) is 4.90 Å². The first-order valence-corrected chi connectivity index (χ1v) is 5.28. The Morgan fingerprint density at radius 3 is 2.87 bits per heavy atom. The van der Waals surface area contributed by atoms with Gasteiger partial charge in [0.25, 0.3) is 0 Å². The zero-order valence-corrected chi connectivity index (χ0v) is 9.18. The summed E-state index contributed by atoms with van der Waals surface area (Å²) in [7, 11) is 2.09. The lowest BCUT2D eigenvalue weighted by atomic mass is 10.1. The summed E-state index contributed by atoms with van der Waals surface area (Å²) < 4.78 is 5.84. The van der Waals surface area contributed by atoms with Crippen molar-refractivity contribution in [2.24, 2.45) is 0 Å². The number of benzene rings is 1. The molecule has 1 fully saturated rings. The first-order chi connectivity index (χ1) is 7.15. The Labute approximate surface area is 90.3 Å². The van der Waals surface area contributed by atoms with Gasteiger partial charge in [-0.3, -0.25) is 0 Å². The molecule has 3 heteroatoms. The van der Waals surface area contributed by atoms with Crippen molar-refractivity contribution >= 4 is 0 Å². The fourth-order valence-electron chi connectivity index (χ4n) is 2.07. The topological polar surface area (TPSA) is 32.7 Å². The Kier molecular flexibility index (Phi) is 2.93.